The first kappa shape index (κ1) is 12.5. The second kappa shape index (κ2) is 5.13. The highest BCUT2D eigenvalue weighted by Crippen LogP contribution is 2.10. The smallest absolute Gasteiger partial charge is 0.274 e. The Kier molecular flexibility index (Phi) is 3.37. The van der Waals surface area contributed by atoms with Crippen molar-refractivity contribution in [3.63, 3.8) is 0 Å². The van der Waals surface area contributed by atoms with Crippen molar-refractivity contribution in [2.24, 2.45) is 5.73 Å². The van der Waals surface area contributed by atoms with Crippen LogP contribution in [0.25, 0.3) is 0 Å². The van der Waals surface area contributed by atoms with E-state index < -0.39 is 17.4 Å². The number of nitrogens with two attached hydrogens (primary N) is 1. The van der Waals surface area contributed by atoms with E-state index in [1.807, 2.05) is 0 Å². The van der Waals surface area contributed by atoms with Crippen LogP contribution in [0.1, 0.15) is 20.8 Å². The molecule has 0 radical (unpaired) electrons. The van der Waals surface area contributed by atoms with Gasteiger partial charge in [-0.15, -0.1) is 0 Å². The molecule has 0 atom stereocenters. The van der Waals surface area contributed by atoms with Gasteiger partial charge in [-0.05, 0) is 24.3 Å². The van der Waals surface area contributed by atoms with Gasteiger partial charge in [0, 0.05) is 17.3 Å². The number of H-pyrrole nitrogens is 1. The summed E-state index contributed by atoms with van der Waals surface area (Å²) in [5.41, 5.74) is 5.50. The predicted molar refractivity (Wildman–Crippen MR) is 67.8 cm³/mol. The van der Waals surface area contributed by atoms with Gasteiger partial charge in [0.15, 0.2) is 0 Å². The third-order valence-electron chi connectivity index (χ3n) is 2.34. The van der Waals surface area contributed by atoms with Gasteiger partial charge in [0.05, 0.1) is 6.33 Å². The maximum atomic E-state index is 11.8. The second-order valence-electron chi connectivity index (χ2n) is 3.69. The number of carbonyl (C=O) groups is 2. The third-order valence-corrected chi connectivity index (χ3v) is 2.34. The van der Waals surface area contributed by atoms with Crippen molar-refractivity contribution in [2.45, 2.75) is 0 Å². The van der Waals surface area contributed by atoms with Gasteiger partial charge < -0.3 is 16.0 Å². The number of carbonyl (C=O) groups excluding carboxylic acids is 2. The van der Waals surface area contributed by atoms with E-state index in [9.17, 15) is 14.4 Å². The Balaban J connectivity index is 2.15. The molecule has 19 heavy (non-hydrogen) atoms. The first-order valence-electron chi connectivity index (χ1n) is 5.32. The van der Waals surface area contributed by atoms with E-state index in [0.29, 0.717) is 11.3 Å². The van der Waals surface area contributed by atoms with Crippen LogP contribution >= 0.6 is 0 Å². The molecule has 0 unspecified atom stereocenters. The zero-order valence-electron chi connectivity index (χ0n) is 9.71. The van der Waals surface area contributed by atoms with Gasteiger partial charge in [-0.25, -0.2) is 4.98 Å². The number of aromatic nitrogens is 2. The molecule has 0 bridgehead atoms. The van der Waals surface area contributed by atoms with Crippen LogP contribution < -0.4 is 16.6 Å². The molecule has 1 heterocycles. The van der Waals surface area contributed by atoms with Gasteiger partial charge in [-0.1, -0.05) is 0 Å². The minimum Gasteiger partial charge on any atom is -0.366 e. The van der Waals surface area contributed by atoms with Crippen LogP contribution in [0.2, 0.25) is 0 Å². The molecule has 0 aliphatic rings. The largest absolute Gasteiger partial charge is 0.366 e. The predicted octanol–water partition coefficient (Wildman–Crippen LogP) is 0.121. The molecular formula is C12H10N4O3. The number of nitrogens with zero attached hydrogens (tertiary/aromatic N) is 1. The fraction of sp³-hybridized carbons (Fsp3) is 0. The van der Waals surface area contributed by atoms with E-state index in [2.05, 4.69) is 15.3 Å². The summed E-state index contributed by atoms with van der Waals surface area (Å²) in [4.78, 5) is 39.7. The lowest BCUT2D eigenvalue weighted by atomic mass is 10.2. The fourth-order valence-electron chi connectivity index (χ4n) is 1.41. The van der Waals surface area contributed by atoms with Crippen LogP contribution in [0.5, 0.6) is 0 Å². The fourth-order valence-corrected chi connectivity index (χ4v) is 1.41. The van der Waals surface area contributed by atoms with Crippen molar-refractivity contribution in [1.82, 2.24) is 9.97 Å². The highest BCUT2D eigenvalue weighted by atomic mass is 16.2. The number of hydrogen-bond acceptors (Lipinski definition) is 4. The van der Waals surface area contributed by atoms with Crippen LogP contribution in [0.3, 0.4) is 0 Å². The van der Waals surface area contributed by atoms with Gasteiger partial charge >= 0.3 is 0 Å². The standard InChI is InChI=1S/C12H10N4O3/c13-11(18)7-1-3-8(4-2-7)16-12(19)9-5-10(17)15-6-14-9/h1-6H,(H2,13,18)(H,16,19)(H,14,15,17). The Morgan fingerprint density at radius 1 is 1.21 bits per heavy atom. The number of anilines is 1. The molecule has 2 amide bonds. The van der Waals surface area contributed by atoms with E-state index in [0.717, 1.165) is 12.4 Å². The summed E-state index contributed by atoms with van der Waals surface area (Å²) in [7, 11) is 0. The van der Waals surface area contributed by atoms with Gasteiger partial charge in [-0.3, -0.25) is 14.4 Å². The summed E-state index contributed by atoms with van der Waals surface area (Å²) < 4.78 is 0. The van der Waals surface area contributed by atoms with Crippen LogP contribution in [-0.4, -0.2) is 21.8 Å². The van der Waals surface area contributed by atoms with E-state index in [1.54, 1.807) is 0 Å². The summed E-state index contributed by atoms with van der Waals surface area (Å²) in [6.45, 7) is 0. The molecule has 1 aromatic carbocycles. The molecule has 0 saturated heterocycles. The topological polar surface area (TPSA) is 118 Å². The summed E-state index contributed by atoms with van der Waals surface area (Å²) in [6.07, 6.45) is 1.15. The summed E-state index contributed by atoms with van der Waals surface area (Å²) in [5.74, 6) is -1.06. The number of amides is 2. The van der Waals surface area contributed by atoms with E-state index in [1.165, 1.54) is 24.3 Å². The molecule has 0 spiro atoms. The quantitative estimate of drug-likeness (QED) is 0.724. The Morgan fingerprint density at radius 2 is 1.89 bits per heavy atom. The zero-order valence-corrected chi connectivity index (χ0v) is 9.71. The summed E-state index contributed by atoms with van der Waals surface area (Å²) in [5, 5.41) is 2.55. The normalized spacial score (nSPS) is 9.89. The molecule has 7 nitrogen and oxygen atoms in total. The molecule has 0 fully saturated rings. The maximum Gasteiger partial charge on any atom is 0.274 e. The minimum absolute atomic E-state index is 0.00253. The van der Waals surface area contributed by atoms with E-state index >= 15 is 0 Å². The number of hydrogen-bond donors (Lipinski definition) is 3. The number of aromatic amines is 1. The van der Waals surface area contributed by atoms with Crippen molar-refractivity contribution < 1.29 is 9.59 Å². The van der Waals surface area contributed by atoms with Gasteiger partial charge in [0.25, 0.3) is 11.5 Å². The minimum atomic E-state index is -0.547. The van der Waals surface area contributed by atoms with Crippen LogP contribution in [0.4, 0.5) is 5.69 Å². The third kappa shape index (κ3) is 3.03. The molecule has 0 aliphatic carbocycles. The first-order chi connectivity index (χ1) is 9.06. The second-order valence-corrected chi connectivity index (χ2v) is 3.69. The van der Waals surface area contributed by atoms with Crippen molar-refractivity contribution in [3.8, 4) is 0 Å². The van der Waals surface area contributed by atoms with Crippen LogP contribution in [-0.2, 0) is 0 Å². The van der Waals surface area contributed by atoms with Crippen molar-refractivity contribution in [2.75, 3.05) is 5.32 Å². The summed E-state index contributed by atoms with van der Waals surface area (Å²) >= 11 is 0. The molecule has 7 heteroatoms. The lowest BCUT2D eigenvalue weighted by Gasteiger charge is -2.04. The highest BCUT2D eigenvalue weighted by molar-refractivity contribution is 6.03. The van der Waals surface area contributed by atoms with Crippen molar-refractivity contribution in [3.05, 3.63) is 58.3 Å². The Hall–Kier alpha value is -2.96. The Bertz CT molecular complexity index is 676. The van der Waals surface area contributed by atoms with Crippen molar-refractivity contribution >= 4 is 17.5 Å². The molecule has 1 aromatic heterocycles. The SMILES string of the molecule is NC(=O)c1ccc(NC(=O)c2cc(=O)[nH]cn2)cc1. The average molecular weight is 258 g/mol. The molecule has 2 rings (SSSR count). The van der Waals surface area contributed by atoms with E-state index in [-0.39, 0.29) is 5.69 Å². The number of benzene rings is 1. The maximum absolute atomic E-state index is 11.8. The monoisotopic (exact) mass is 258 g/mol. The Labute approximate surface area is 107 Å². The lowest BCUT2D eigenvalue weighted by molar-refractivity contribution is 0.0998. The lowest BCUT2D eigenvalue weighted by Crippen LogP contribution is -2.18. The van der Waals surface area contributed by atoms with Gasteiger partial charge in [0.2, 0.25) is 5.91 Å². The number of nitrogens with one attached hydrogen (secondary N) is 2. The number of rotatable bonds is 3. The molecule has 0 saturated carbocycles. The highest BCUT2D eigenvalue weighted by Gasteiger charge is 2.08. The molecule has 2 aromatic rings. The van der Waals surface area contributed by atoms with Gasteiger partial charge in [0.1, 0.15) is 5.69 Å². The first-order valence-corrected chi connectivity index (χ1v) is 5.32. The zero-order chi connectivity index (χ0) is 13.8. The van der Waals surface area contributed by atoms with Crippen LogP contribution in [0.15, 0.2) is 41.5 Å². The van der Waals surface area contributed by atoms with E-state index in [4.69, 9.17) is 5.73 Å². The molecule has 96 valence electrons. The summed E-state index contributed by atoms with van der Waals surface area (Å²) in [6, 6.07) is 7.13. The molecular weight excluding hydrogens is 248 g/mol. The molecule has 4 N–H and O–H groups in total. The van der Waals surface area contributed by atoms with Crippen molar-refractivity contribution in [1.29, 1.82) is 0 Å². The number of primary amides is 1. The molecule has 0 aliphatic heterocycles. The Morgan fingerprint density at radius 3 is 2.47 bits per heavy atom. The van der Waals surface area contributed by atoms with Crippen LogP contribution in [0, 0.1) is 0 Å². The van der Waals surface area contributed by atoms with Gasteiger partial charge in [-0.2, -0.15) is 0 Å². The average Bonchev–Trinajstić information content (AvgIpc) is 2.39.